The van der Waals surface area contributed by atoms with Gasteiger partial charge in [0.1, 0.15) is 12.4 Å². The number of rotatable bonds is 5. The van der Waals surface area contributed by atoms with Crippen LogP contribution in [0.1, 0.15) is 58.2 Å². The van der Waals surface area contributed by atoms with E-state index in [1.165, 1.54) is 36.4 Å². The van der Waals surface area contributed by atoms with Gasteiger partial charge in [-0.15, -0.1) is 0 Å². The van der Waals surface area contributed by atoms with Gasteiger partial charge in [0.2, 0.25) is 0 Å². The Morgan fingerprint density at radius 3 is 1.97 bits per heavy atom. The van der Waals surface area contributed by atoms with Crippen molar-refractivity contribution in [1.29, 1.82) is 0 Å². The van der Waals surface area contributed by atoms with Crippen LogP contribution in [-0.2, 0) is 19.0 Å². The molecule has 0 radical (unpaired) electrons. The number of carbonyl (C=O) groups excluding carboxylic acids is 6. The van der Waals surface area contributed by atoms with E-state index in [1.54, 1.807) is 0 Å². The Bertz CT molecular complexity index is 1160. The van der Waals surface area contributed by atoms with Gasteiger partial charge >= 0.3 is 35.8 Å². The van der Waals surface area contributed by atoms with Crippen molar-refractivity contribution in [3.8, 4) is 5.75 Å². The number of ether oxygens (including phenoxy) is 4. The first-order valence-electron chi connectivity index (χ1n) is 8.52. The molecule has 2 heterocycles. The second-order valence-corrected chi connectivity index (χ2v) is 6.18. The molecule has 0 fully saturated rings. The van der Waals surface area contributed by atoms with E-state index in [1.807, 2.05) is 0 Å². The van der Waals surface area contributed by atoms with Crippen molar-refractivity contribution < 1.29 is 47.7 Å². The van der Waals surface area contributed by atoms with Crippen LogP contribution in [0.4, 0.5) is 0 Å². The Balaban J connectivity index is 1.32. The topological polar surface area (TPSA) is 139 Å². The summed E-state index contributed by atoms with van der Waals surface area (Å²) in [6.07, 6.45) is -0.294. The fraction of sp³-hybridized carbons (Fsp3) is 0.100. The first kappa shape index (κ1) is 19.0. The fourth-order valence-electron chi connectivity index (χ4n) is 2.83. The van der Waals surface area contributed by atoms with Crippen LogP contribution in [0.15, 0.2) is 36.4 Å². The van der Waals surface area contributed by atoms with E-state index in [0.29, 0.717) is 0 Å². The van der Waals surface area contributed by atoms with Crippen LogP contribution in [-0.4, -0.2) is 42.4 Å². The predicted molar refractivity (Wildman–Crippen MR) is 92.9 cm³/mol. The monoisotopic (exact) mass is 410 g/mol. The summed E-state index contributed by atoms with van der Waals surface area (Å²) >= 11 is 0. The Hall–Kier alpha value is -4.34. The molecular weight excluding hydrogens is 400 g/mol. The van der Waals surface area contributed by atoms with Crippen molar-refractivity contribution in [3.63, 3.8) is 0 Å². The van der Waals surface area contributed by atoms with Gasteiger partial charge in [-0.3, -0.25) is 4.79 Å². The Morgan fingerprint density at radius 1 is 0.733 bits per heavy atom. The van der Waals surface area contributed by atoms with Crippen molar-refractivity contribution >= 4 is 35.8 Å². The van der Waals surface area contributed by atoms with Gasteiger partial charge in [0.25, 0.3) is 0 Å². The Labute approximate surface area is 167 Å². The van der Waals surface area contributed by atoms with E-state index in [9.17, 15) is 28.8 Å². The molecule has 2 aromatic carbocycles. The SMILES string of the molecule is O=C(CCOC(=O)c1ccc2c(c1)C(=O)OC2=O)Oc1ccc2c(c1)C(=O)OC2=O. The van der Waals surface area contributed by atoms with Crippen molar-refractivity contribution in [1.82, 2.24) is 0 Å². The molecule has 150 valence electrons. The second kappa shape index (κ2) is 7.24. The number of hydrogen-bond acceptors (Lipinski definition) is 10. The molecule has 0 amide bonds. The number of esters is 6. The van der Waals surface area contributed by atoms with E-state index in [0.717, 1.165) is 0 Å². The zero-order chi connectivity index (χ0) is 21.4. The standard InChI is InChI=1S/C20H10O10/c21-15(28-10-2-4-12-14(8-10)20(26)30-18(12)24)5-6-27-16(22)9-1-3-11-13(7-9)19(25)29-17(11)23/h1-4,7-8H,5-6H2. The second-order valence-electron chi connectivity index (χ2n) is 6.18. The van der Waals surface area contributed by atoms with Gasteiger partial charge < -0.3 is 18.9 Å². The van der Waals surface area contributed by atoms with Gasteiger partial charge in [-0.25, -0.2) is 24.0 Å². The van der Waals surface area contributed by atoms with Gasteiger partial charge in [0, 0.05) is 0 Å². The third kappa shape index (κ3) is 3.41. The van der Waals surface area contributed by atoms with E-state index >= 15 is 0 Å². The molecule has 0 saturated carbocycles. The minimum atomic E-state index is -0.854. The highest BCUT2D eigenvalue weighted by atomic mass is 16.6. The van der Waals surface area contributed by atoms with Gasteiger partial charge in [-0.2, -0.15) is 0 Å². The first-order valence-corrected chi connectivity index (χ1v) is 8.52. The van der Waals surface area contributed by atoms with Crippen molar-refractivity contribution in [2.24, 2.45) is 0 Å². The van der Waals surface area contributed by atoms with Crippen LogP contribution in [0, 0.1) is 0 Å². The highest BCUT2D eigenvalue weighted by Gasteiger charge is 2.31. The van der Waals surface area contributed by atoms with Crippen LogP contribution in [0.3, 0.4) is 0 Å². The van der Waals surface area contributed by atoms with Gasteiger partial charge in [-0.1, -0.05) is 0 Å². The number of hydrogen-bond donors (Lipinski definition) is 0. The summed E-state index contributed by atoms with van der Waals surface area (Å²) in [5.41, 5.74) is 0.0945. The van der Waals surface area contributed by atoms with Gasteiger partial charge in [0.05, 0.1) is 34.2 Å². The number of benzene rings is 2. The third-order valence-corrected chi connectivity index (χ3v) is 4.27. The molecule has 0 spiro atoms. The maximum absolute atomic E-state index is 12.1. The number of cyclic esters (lactones) is 4. The predicted octanol–water partition coefficient (Wildman–Crippen LogP) is 1.46. The molecule has 0 unspecified atom stereocenters. The lowest BCUT2D eigenvalue weighted by Crippen LogP contribution is -2.14. The van der Waals surface area contributed by atoms with Crippen molar-refractivity contribution in [2.45, 2.75) is 6.42 Å². The third-order valence-electron chi connectivity index (χ3n) is 4.27. The van der Waals surface area contributed by atoms with Crippen LogP contribution in [0.25, 0.3) is 0 Å². The van der Waals surface area contributed by atoms with Crippen LogP contribution in [0.2, 0.25) is 0 Å². The molecule has 0 atom stereocenters. The van der Waals surface area contributed by atoms with Crippen LogP contribution in [0.5, 0.6) is 5.75 Å². The molecule has 2 aromatic rings. The summed E-state index contributed by atoms with van der Waals surface area (Å²) in [6.45, 7) is -0.316. The largest absolute Gasteiger partial charge is 0.461 e. The summed E-state index contributed by atoms with van der Waals surface area (Å²) in [6, 6.07) is 7.58. The first-order chi connectivity index (χ1) is 14.3. The van der Waals surface area contributed by atoms with Gasteiger partial charge in [0.15, 0.2) is 0 Å². The molecule has 4 rings (SSSR count). The lowest BCUT2D eigenvalue weighted by Gasteiger charge is -2.07. The van der Waals surface area contributed by atoms with Crippen molar-refractivity contribution in [3.05, 3.63) is 64.2 Å². The van der Waals surface area contributed by atoms with Gasteiger partial charge in [-0.05, 0) is 36.4 Å². The molecule has 10 heteroatoms. The molecule has 0 aromatic heterocycles. The normalized spacial score (nSPS) is 14.0. The maximum atomic E-state index is 12.1. The Morgan fingerprint density at radius 2 is 1.30 bits per heavy atom. The minimum absolute atomic E-state index is 0.00894. The zero-order valence-electron chi connectivity index (χ0n) is 15.0. The van der Waals surface area contributed by atoms with E-state index in [2.05, 4.69) is 9.47 Å². The molecule has 0 saturated heterocycles. The van der Waals surface area contributed by atoms with Crippen LogP contribution < -0.4 is 4.74 Å². The molecule has 2 aliphatic rings. The van der Waals surface area contributed by atoms with E-state index < -0.39 is 35.8 Å². The van der Waals surface area contributed by atoms with Crippen molar-refractivity contribution in [2.75, 3.05) is 6.61 Å². The molecule has 0 N–H and O–H groups in total. The summed E-state index contributed by atoms with van der Waals surface area (Å²) in [5, 5.41) is 0. The average Bonchev–Trinajstić information content (AvgIpc) is 3.16. The smallest absolute Gasteiger partial charge is 0.347 e. The average molecular weight is 410 g/mol. The van der Waals surface area contributed by atoms with Crippen LogP contribution >= 0.6 is 0 Å². The summed E-state index contributed by atoms with van der Waals surface area (Å²) < 4.78 is 18.9. The highest BCUT2D eigenvalue weighted by Crippen LogP contribution is 2.25. The molecule has 2 aliphatic heterocycles. The van der Waals surface area contributed by atoms with E-state index in [-0.39, 0.29) is 46.6 Å². The quantitative estimate of drug-likeness (QED) is 0.308. The summed E-state index contributed by atoms with van der Waals surface area (Å²) in [5.74, 6) is -4.78. The maximum Gasteiger partial charge on any atom is 0.347 e. The summed E-state index contributed by atoms with van der Waals surface area (Å²) in [7, 11) is 0. The minimum Gasteiger partial charge on any atom is -0.461 e. The fourth-order valence-corrected chi connectivity index (χ4v) is 2.83. The molecule has 0 bridgehead atoms. The zero-order valence-corrected chi connectivity index (χ0v) is 15.0. The highest BCUT2D eigenvalue weighted by molar-refractivity contribution is 6.16. The summed E-state index contributed by atoms with van der Waals surface area (Å²) in [4.78, 5) is 69.8. The molecule has 30 heavy (non-hydrogen) atoms. The Kier molecular flexibility index (Phi) is 4.59. The van der Waals surface area contributed by atoms with E-state index in [4.69, 9.17) is 9.47 Å². The molecule has 10 nitrogen and oxygen atoms in total. The lowest BCUT2D eigenvalue weighted by molar-refractivity contribution is -0.135. The number of fused-ring (bicyclic) bond motifs is 2. The molecular formula is C20H10O10. The molecule has 0 aliphatic carbocycles. The number of carbonyl (C=O) groups is 6. The lowest BCUT2D eigenvalue weighted by atomic mass is 10.1.